The van der Waals surface area contributed by atoms with E-state index >= 15 is 0 Å². The molecule has 2 N–H and O–H groups in total. The van der Waals surface area contributed by atoms with Gasteiger partial charge in [-0.25, -0.2) is 0 Å². The fourth-order valence-corrected chi connectivity index (χ4v) is 3.75. The molecule has 29 heavy (non-hydrogen) atoms. The summed E-state index contributed by atoms with van der Waals surface area (Å²) < 4.78 is 7.73. The molecule has 2 heterocycles. The van der Waals surface area contributed by atoms with Crippen LogP contribution in [0, 0.1) is 6.92 Å². The first-order chi connectivity index (χ1) is 14.2. The van der Waals surface area contributed by atoms with E-state index in [2.05, 4.69) is 55.5 Å². The van der Waals surface area contributed by atoms with Crippen LogP contribution in [0.25, 0.3) is 0 Å². The van der Waals surface area contributed by atoms with Gasteiger partial charge in [0, 0.05) is 39.5 Å². The Balaban J connectivity index is 1.38. The fourth-order valence-electron chi connectivity index (χ4n) is 3.75. The molecule has 7 heteroatoms. The van der Waals surface area contributed by atoms with Gasteiger partial charge in [0.2, 0.25) is 0 Å². The first-order valence-electron chi connectivity index (χ1n) is 10.7. The van der Waals surface area contributed by atoms with Crippen LogP contribution in [0.3, 0.4) is 0 Å². The summed E-state index contributed by atoms with van der Waals surface area (Å²) in [5, 5.41) is 15.6. The van der Waals surface area contributed by atoms with Gasteiger partial charge in [-0.1, -0.05) is 18.6 Å². The summed E-state index contributed by atoms with van der Waals surface area (Å²) >= 11 is 0. The molecular formula is C22H34N6O. The number of nitrogens with one attached hydrogen (secondary N) is 2. The van der Waals surface area contributed by atoms with Crippen LogP contribution >= 0.6 is 0 Å². The Morgan fingerprint density at radius 2 is 2.00 bits per heavy atom. The molecule has 0 unspecified atom stereocenters. The number of rotatable bonds is 8. The SMILES string of the molecule is CN=C(NCCCc1nnc2n1CCCCC2)NCCc1ccc(C)c(OC)c1. The van der Waals surface area contributed by atoms with Crippen molar-refractivity contribution in [3.05, 3.63) is 41.0 Å². The maximum absolute atomic E-state index is 5.40. The van der Waals surface area contributed by atoms with Crippen molar-refractivity contribution in [3.8, 4) is 5.75 Å². The molecule has 0 radical (unpaired) electrons. The minimum Gasteiger partial charge on any atom is -0.496 e. The van der Waals surface area contributed by atoms with Gasteiger partial charge in [-0.2, -0.15) is 0 Å². The summed E-state index contributed by atoms with van der Waals surface area (Å²) in [7, 11) is 3.52. The largest absolute Gasteiger partial charge is 0.496 e. The van der Waals surface area contributed by atoms with Gasteiger partial charge < -0.3 is 19.9 Å². The van der Waals surface area contributed by atoms with Gasteiger partial charge in [-0.15, -0.1) is 10.2 Å². The van der Waals surface area contributed by atoms with Crippen LogP contribution in [0.15, 0.2) is 23.2 Å². The van der Waals surface area contributed by atoms with Gasteiger partial charge in [-0.05, 0) is 49.8 Å². The lowest BCUT2D eigenvalue weighted by molar-refractivity contribution is 0.411. The quantitative estimate of drug-likeness (QED) is 0.406. The van der Waals surface area contributed by atoms with Gasteiger partial charge in [-0.3, -0.25) is 4.99 Å². The molecule has 2 aromatic rings. The van der Waals surface area contributed by atoms with Gasteiger partial charge in [0.15, 0.2) is 5.96 Å². The van der Waals surface area contributed by atoms with E-state index in [1.54, 1.807) is 7.11 Å². The second-order valence-electron chi connectivity index (χ2n) is 7.58. The first kappa shape index (κ1) is 21.1. The van der Waals surface area contributed by atoms with Crippen molar-refractivity contribution in [3.63, 3.8) is 0 Å². The Hall–Kier alpha value is -2.57. The van der Waals surface area contributed by atoms with Crippen LogP contribution in [0.5, 0.6) is 5.75 Å². The lowest BCUT2D eigenvalue weighted by Crippen LogP contribution is -2.38. The van der Waals surface area contributed by atoms with E-state index in [9.17, 15) is 0 Å². The van der Waals surface area contributed by atoms with E-state index in [1.807, 2.05) is 7.05 Å². The highest BCUT2D eigenvalue weighted by molar-refractivity contribution is 5.79. The van der Waals surface area contributed by atoms with E-state index in [4.69, 9.17) is 4.74 Å². The molecule has 0 saturated carbocycles. The van der Waals surface area contributed by atoms with Crippen molar-refractivity contribution in [2.75, 3.05) is 27.2 Å². The number of benzene rings is 1. The van der Waals surface area contributed by atoms with Crippen molar-refractivity contribution in [1.29, 1.82) is 0 Å². The lowest BCUT2D eigenvalue weighted by atomic mass is 10.1. The lowest BCUT2D eigenvalue weighted by Gasteiger charge is -2.13. The highest BCUT2D eigenvalue weighted by Crippen LogP contribution is 2.19. The molecule has 158 valence electrons. The van der Waals surface area contributed by atoms with Gasteiger partial charge in [0.05, 0.1) is 7.11 Å². The van der Waals surface area contributed by atoms with E-state index < -0.39 is 0 Å². The second-order valence-corrected chi connectivity index (χ2v) is 7.58. The van der Waals surface area contributed by atoms with E-state index in [1.165, 1.54) is 24.8 Å². The van der Waals surface area contributed by atoms with E-state index in [0.29, 0.717) is 0 Å². The molecule has 0 atom stereocenters. The number of methoxy groups -OCH3 is 1. The van der Waals surface area contributed by atoms with Gasteiger partial charge in [0.1, 0.15) is 17.4 Å². The minimum atomic E-state index is 0.823. The van der Waals surface area contributed by atoms with Crippen molar-refractivity contribution in [2.24, 2.45) is 4.99 Å². The topological polar surface area (TPSA) is 76.4 Å². The smallest absolute Gasteiger partial charge is 0.190 e. The Morgan fingerprint density at radius 1 is 1.14 bits per heavy atom. The molecule has 0 fully saturated rings. The number of ether oxygens (including phenoxy) is 1. The maximum Gasteiger partial charge on any atom is 0.190 e. The number of aliphatic imine (C=N–C) groups is 1. The van der Waals surface area contributed by atoms with Crippen LogP contribution in [-0.4, -0.2) is 48.0 Å². The number of nitrogens with zero attached hydrogens (tertiary/aromatic N) is 4. The Labute approximate surface area is 174 Å². The highest BCUT2D eigenvalue weighted by atomic mass is 16.5. The molecule has 3 rings (SSSR count). The van der Waals surface area contributed by atoms with Crippen LogP contribution in [0.1, 0.15) is 48.5 Å². The number of guanidine groups is 1. The van der Waals surface area contributed by atoms with Crippen LogP contribution in [-0.2, 0) is 25.8 Å². The summed E-state index contributed by atoms with van der Waals surface area (Å²) in [5.74, 6) is 4.07. The standard InChI is InChI=1S/C22H34N6O/c1-17-10-11-18(16-19(17)29-3)12-14-25-22(23-2)24-13-7-9-21-27-26-20-8-5-4-6-15-28(20)21/h10-11,16H,4-9,12-15H2,1-3H3,(H2,23,24,25). The second kappa shape index (κ2) is 10.8. The predicted molar refractivity (Wildman–Crippen MR) is 117 cm³/mol. The molecular weight excluding hydrogens is 364 g/mol. The number of hydrogen-bond acceptors (Lipinski definition) is 4. The summed E-state index contributed by atoms with van der Waals surface area (Å²) in [5.41, 5.74) is 2.41. The zero-order valence-corrected chi connectivity index (χ0v) is 18.0. The number of fused-ring (bicyclic) bond motifs is 1. The third-order valence-electron chi connectivity index (χ3n) is 5.46. The van der Waals surface area contributed by atoms with Crippen LogP contribution < -0.4 is 15.4 Å². The summed E-state index contributed by atoms with van der Waals surface area (Å²) in [6.07, 6.45) is 7.70. The average Bonchev–Trinajstić information content (AvgIpc) is 2.96. The monoisotopic (exact) mass is 398 g/mol. The maximum atomic E-state index is 5.40. The number of hydrogen-bond donors (Lipinski definition) is 2. The number of aromatic nitrogens is 3. The summed E-state index contributed by atoms with van der Waals surface area (Å²) in [6.45, 7) is 4.81. The van der Waals surface area contributed by atoms with Crippen LogP contribution in [0.4, 0.5) is 0 Å². The molecule has 0 spiro atoms. The molecule has 0 aliphatic carbocycles. The van der Waals surface area contributed by atoms with E-state index in [-0.39, 0.29) is 0 Å². The van der Waals surface area contributed by atoms with E-state index in [0.717, 1.165) is 74.2 Å². The molecule has 0 saturated heterocycles. The average molecular weight is 399 g/mol. The Kier molecular flexibility index (Phi) is 7.90. The molecule has 1 aliphatic heterocycles. The molecule has 1 aliphatic rings. The summed E-state index contributed by atoms with van der Waals surface area (Å²) in [6, 6.07) is 6.36. The molecule has 1 aromatic carbocycles. The normalized spacial score (nSPS) is 14.2. The first-order valence-corrected chi connectivity index (χ1v) is 10.7. The molecule has 1 aromatic heterocycles. The number of aryl methyl sites for hydroxylation is 3. The highest BCUT2D eigenvalue weighted by Gasteiger charge is 2.14. The van der Waals surface area contributed by atoms with Crippen molar-refractivity contribution < 1.29 is 4.74 Å². The van der Waals surface area contributed by atoms with Gasteiger partial charge >= 0.3 is 0 Å². The fraction of sp³-hybridized carbons (Fsp3) is 0.591. The predicted octanol–water partition coefficient (Wildman–Crippen LogP) is 2.66. The molecule has 0 bridgehead atoms. The van der Waals surface area contributed by atoms with Crippen molar-refractivity contribution >= 4 is 5.96 Å². The van der Waals surface area contributed by atoms with Crippen LogP contribution in [0.2, 0.25) is 0 Å². The zero-order valence-electron chi connectivity index (χ0n) is 18.0. The molecule has 0 amide bonds. The zero-order chi connectivity index (χ0) is 20.5. The Morgan fingerprint density at radius 3 is 2.83 bits per heavy atom. The Bertz CT molecular complexity index is 814. The van der Waals surface area contributed by atoms with Gasteiger partial charge in [0.25, 0.3) is 0 Å². The minimum absolute atomic E-state index is 0.823. The third kappa shape index (κ3) is 5.95. The molecule has 7 nitrogen and oxygen atoms in total. The third-order valence-corrected chi connectivity index (χ3v) is 5.46. The van der Waals surface area contributed by atoms with Crippen molar-refractivity contribution in [1.82, 2.24) is 25.4 Å². The van der Waals surface area contributed by atoms with Crippen molar-refractivity contribution in [2.45, 2.75) is 58.4 Å². The summed E-state index contributed by atoms with van der Waals surface area (Å²) in [4.78, 5) is 4.32.